The average Bonchev–Trinajstić information content (AvgIpc) is 2.70. The number of hydrogen-bond acceptors (Lipinski definition) is 4. The third-order valence-electron chi connectivity index (χ3n) is 2.90. The van der Waals surface area contributed by atoms with Gasteiger partial charge in [-0.3, -0.25) is 9.59 Å². The highest BCUT2D eigenvalue weighted by Crippen LogP contribution is 2.13. The summed E-state index contributed by atoms with van der Waals surface area (Å²) in [6.45, 7) is 3.50. The number of carbonyl (C=O) groups is 2. The summed E-state index contributed by atoms with van der Waals surface area (Å²) >= 11 is 0. The Morgan fingerprint density at radius 1 is 1.50 bits per heavy atom. The van der Waals surface area contributed by atoms with Crippen LogP contribution in [-0.2, 0) is 14.3 Å². The van der Waals surface area contributed by atoms with Crippen molar-refractivity contribution >= 4 is 11.9 Å². The van der Waals surface area contributed by atoms with E-state index in [1.807, 2.05) is 0 Å². The second kappa shape index (κ2) is 6.48. The van der Waals surface area contributed by atoms with E-state index >= 15 is 0 Å². The van der Waals surface area contributed by atoms with Gasteiger partial charge in [-0.05, 0) is 25.3 Å². The van der Waals surface area contributed by atoms with Gasteiger partial charge in [0, 0.05) is 13.0 Å². The van der Waals surface area contributed by atoms with Crippen molar-refractivity contribution in [2.24, 2.45) is 5.92 Å². The van der Waals surface area contributed by atoms with Crippen LogP contribution in [0, 0.1) is 5.92 Å². The topological polar surface area (TPSA) is 67.4 Å². The van der Waals surface area contributed by atoms with Gasteiger partial charge in [0.2, 0.25) is 5.91 Å². The van der Waals surface area contributed by atoms with Crippen molar-refractivity contribution in [2.45, 2.75) is 32.2 Å². The van der Waals surface area contributed by atoms with Crippen LogP contribution in [0.3, 0.4) is 0 Å². The Balaban J connectivity index is 2.13. The molecule has 0 aromatic rings. The van der Waals surface area contributed by atoms with Gasteiger partial charge < -0.3 is 15.4 Å². The van der Waals surface area contributed by atoms with E-state index in [1.54, 1.807) is 0 Å². The zero-order valence-corrected chi connectivity index (χ0v) is 9.91. The molecule has 5 heteroatoms. The molecule has 0 aliphatic carbocycles. The minimum absolute atomic E-state index is 0.0369. The van der Waals surface area contributed by atoms with Crippen LogP contribution in [-0.4, -0.2) is 38.1 Å². The van der Waals surface area contributed by atoms with E-state index in [4.69, 9.17) is 0 Å². The smallest absolute Gasteiger partial charge is 0.305 e. The number of rotatable bonds is 5. The number of ether oxygens (including phenoxy) is 1. The summed E-state index contributed by atoms with van der Waals surface area (Å²) in [6, 6.07) is -0.0712. The van der Waals surface area contributed by atoms with E-state index in [9.17, 15) is 9.59 Å². The largest absolute Gasteiger partial charge is 0.469 e. The van der Waals surface area contributed by atoms with E-state index in [2.05, 4.69) is 22.3 Å². The Labute approximate surface area is 95.9 Å². The summed E-state index contributed by atoms with van der Waals surface area (Å²) in [4.78, 5) is 22.5. The first-order chi connectivity index (χ1) is 7.65. The minimum Gasteiger partial charge on any atom is -0.469 e. The molecule has 5 nitrogen and oxygen atoms in total. The lowest BCUT2D eigenvalue weighted by Gasteiger charge is -2.15. The van der Waals surface area contributed by atoms with Gasteiger partial charge in [-0.1, -0.05) is 6.92 Å². The second-order valence-corrected chi connectivity index (χ2v) is 4.17. The molecule has 1 rings (SSSR count). The third-order valence-corrected chi connectivity index (χ3v) is 2.90. The summed E-state index contributed by atoms with van der Waals surface area (Å²) in [5.41, 5.74) is 0. The summed E-state index contributed by atoms with van der Waals surface area (Å²) in [5, 5.41) is 5.99. The van der Waals surface area contributed by atoms with E-state index in [1.165, 1.54) is 7.11 Å². The number of methoxy groups -OCH3 is 1. The molecule has 2 atom stereocenters. The third kappa shape index (κ3) is 3.81. The Morgan fingerprint density at radius 2 is 2.25 bits per heavy atom. The van der Waals surface area contributed by atoms with Crippen molar-refractivity contribution in [3.63, 3.8) is 0 Å². The van der Waals surface area contributed by atoms with Crippen LogP contribution >= 0.6 is 0 Å². The van der Waals surface area contributed by atoms with Gasteiger partial charge in [0.1, 0.15) is 0 Å². The second-order valence-electron chi connectivity index (χ2n) is 4.17. The first-order valence-electron chi connectivity index (χ1n) is 5.73. The molecule has 1 saturated heterocycles. The van der Waals surface area contributed by atoms with E-state index in [0.717, 1.165) is 13.0 Å². The summed E-state index contributed by atoms with van der Waals surface area (Å²) < 4.78 is 4.51. The van der Waals surface area contributed by atoms with Crippen LogP contribution < -0.4 is 10.6 Å². The van der Waals surface area contributed by atoms with Crippen molar-refractivity contribution in [2.75, 3.05) is 20.2 Å². The van der Waals surface area contributed by atoms with Gasteiger partial charge in [0.25, 0.3) is 0 Å². The van der Waals surface area contributed by atoms with Crippen molar-refractivity contribution in [3.05, 3.63) is 0 Å². The maximum atomic E-state index is 11.7. The zero-order valence-electron chi connectivity index (χ0n) is 9.91. The normalized spacial score (nSPS) is 24.1. The molecule has 1 aliphatic heterocycles. The predicted octanol–water partition coefficient (Wildman–Crippen LogP) is 0.0538. The molecule has 1 fully saturated rings. The number of esters is 1. The highest BCUT2D eigenvalue weighted by molar-refractivity contribution is 5.82. The van der Waals surface area contributed by atoms with E-state index in [0.29, 0.717) is 25.3 Å². The summed E-state index contributed by atoms with van der Waals surface area (Å²) in [5.74, 6) is 0.192. The lowest BCUT2D eigenvalue weighted by molar-refractivity contribution is -0.140. The molecule has 2 N–H and O–H groups in total. The molecular formula is C11H20N2O3. The first kappa shape index (κ1) is 13.0. The van der Waals surface area contributed by atoms with Crippen molar-refractivity contribution in [3.8, 4) is 0 Å². The number of nitrogens with one attached hydrogen (secondary N) is 2. The first-order valence-corrected chi connectivity index (χ1v) is 5.73. The Bertz CT molecular complexity index is 256. The highest BCUT2D eigenvalue weighted by Gasteiger charge is 2.28. The maximum absolute atomic E-state index is 11.7. The molecule has 92 valence electrons. The van der Waals surface area contributed by atoms with Gasteiger partial charge >= 0.3 is 5.97 Å². The fourth-order valence-electron chi connectivity index (χ4n) is 1.84. The van der Waals surface area contributed by atoms with Crippen molar-refractivity contribution < 1.29 is 14.3 Å². The molecule has 2 unspecified atom stereocenters. The Morgan fingerprint density at radius 3 is 2.81 bits per heavy atom. The predicted molar refractivity (Wildman–Crippen MR) is 59.8 cm³/mol. The number of carbonyl (C=O) groups excluding carboxylic acids is 2. The van der Waals surface area contributed by atoms with Crippen LogP contribution in [0.2, 0.25) is 0 Å². The Hall–Kier alpha value is -1.10. The summed E-state index contributed by atoms with van der Waals surface area (Å²) in [7, 11) is 1.37. The molecular weight excluding hydrogens is 208 g/mol. The van der Waals surface area contributed by atoms with Crippen molar-refractivity contribution in [1.82, 2.24) is 10.6 Å². The van der Waals surface area contributed by atoms with Crippen LogP contribution in [0.5, 0.6) is 0 Å². The van der Waals surface area contributed by atoms with Gasteiger partial charge in [-0.25, -0.2) is 0 Å². The monoisotopic (exact) mass is 228 g/mol. The molecule has 0 aromatic heterocycles. The summed E-state index contributed by atoms with van der Waals surface area (Å²) in [6.07, 6.45) is 2.02. The maximum Gasteiger partial charge on any atom is 0.305 e. The minimum atomic E-state index is -0.235. The van der Waals surface area contributed by atoms with Crippen molar-refractivity contribution in [1.29, 1.82) is 0 Å². The fourth-order valence-corrected chi connectivity index (χ4v) is 1.84. The highest BCUT2D eigenvalue weighted by atomic mass is 16.5. The zero-order chi connectivity index (χ0) is 12.0. The molecule has 0 radical (unpaired) electrons. The average molecular weight is 228 g/mol. The van der Waals surface area contributed by atoms with Crippen LogP contribution in [0.25, 0.3) is 0 Å². The fraction of sp³-hybridized carbons (Fsp3) is 0.818. The molecule has 1 aliphatic rings. The molecule has 0 aromatic carbocycles. The molecule has 1 amide bonds. The Kier molecular flexibility index (Phi) is 5.25. The van der Waals surface area contributed by atoms with Gasteiger partial charge in [-0.2, -0.15) is 0 Å². The molecule has 0 saturated carbocycles. The van der Waals surface area contributed by atoms with Gasteiger partial charge in [0.05, 0.1) is 13.2 Å². The quantitative estimate of drug-likeness (QED) is 0.515. The molecule has 1 heterocycles. The number of amides is 1. The van der Waals surface area contributed by atoms with Crippen LogP contribution in [0.1, 0.15) is 26.2 Å². The van der Waals surface area contributed by atoms with E-state index < -0.39 is 0 Å². The standard InChI is InChI=1S/C11H20N2O3/c1-8-5-7-12-10(8)11(15)13-6-3-4-9(14)16-2/h8,10,12H,3-7H2,1-2H3,(H,13,15). The lowest BCUT2D eigenvalue weighted by Crippen LogP contribution is -2.43. The lowest BCUT2D eigenvalue weighted by atomic mass is 10.0. The number of hydrogen-bond donors (Lipinski definition) is 2. The molecule has 0 spiro atoms. The molecule has 16 heavy (non-hydrogen) atoms. The van der Waals surface area contributed by atoms with Gasteiger partial charge in [-0.15, -0.1) is 0 Å². The van der Waals surface area contributed by atoms with Gasteiger partial charge in [0.15, 0.2) is 0 Å². The van der Waals surface area contributed by atoms with E-state index in [-0.39, 0.29) is 17.9 Å². The SMILES string of the molecule is COC(=O)CCCNC(=O)C1NCCC1C. The van der Waals surface area contributed by atoms with Crippen LogP contribution in [0.15, 0.2) is 0 Å². The molecule has 0 bridgehead atoms. The van der Waals surface area contributed by atoms with Crippen LogP contribution in [0.4, 0.5) is 0 Å².